The average molecular weight is 323 g/mol. The number of hydrogen-bond acceptors (Lipinski definition) is 0. The van der Waals surface area contributed by atoms with Crippen molar-refractivity contribution in [3.8, 4) is 0 Å². The molecule has 0 spiro atoms. The highest BCUT2D eigenvalue weighted by Gasteiger charge is 2.12. The van der Waals surface area contributed by atoms with E-state index in [-0.39, 0.29) is 0 Å². The first-order valence-corrected chi connectivity index (χ1v) is 8.39. The van der Waals surface area contributed by atoms with Crippen LogP contribution in [0.4, 0.5) is 11.4 Å². The number of anilines is 1. The molecule has 0 amide bonds. The number of nitrogens with one attached hydrogen (secondary N) is 2. The molecule has 0 aliphatic carbocycles. The van der Waals surface area contributed by atoms with E-state index in [1.165, 1.54) is 10.8 Å². The van der Waals surface area contributed by atoms with Crippen LogP contribution < -0.4 is 10.3 Å². The fraction of sp³-hybridized carbons (Fsp3) is 0. The van der Waals surface area contributed by atoms with E-state index >= 15 is 0 Å². The van der Waals surface area contributed by atoms with Crippen molar-refractivity contribution in [2.45, 2.75) is 0 Å². The lowest BCUT2D eigenvalue weighted by atomic mass is 10.1. The highest BCUT2D eigenvalue weighted by molar-refractivity contribution is 6.06. The average Bonchev–Trinajstić information content (AvgIpc) is 2.69. The maximum atomic E-state index is 3.51. The molecule has 0 aliphatic heterocycles. The first-order valence-electron chi connectivity index (χ1n) is 8.39. The number of benzene rings is 4. The topological polar surface area (TPSA) is 26.0 Å². The lowest BCUT2D eigenvalue weighted by Gasteiger charge is -2.06. The molecule has 4 aromatic carbocycles. The standard InChI is InChI=1S/C23H18N2/c1-3-11-21(12-4-1)24-23(25-22-13-5-2-6-14-22)20-16-15-18-9-7-8-10-19(18)17-20/h1-17H,(H,24,25)/p+1. The van der Waals surface area contributed by atoms with Gasteiger partial charge in [-0.15, -0.1) is 0 Å². The minimum Gasteiger partial charge on any atom is -0.240 e. The summed E-state index contributed by atoms with van der Waals surface area (Å²) in [7, 11) is 0. The van der Waals surface area contributed by atoms with Crippen LogP contribution in [0, 0.1) is 0 Å². The Balaban J connectivity index is 1.79. The van der Waals surface area contributed by atoms with Gasteiger partial charge in [-0.1, -0.05) is 66.7 Å². The third kappa shape index (κ3) is 3.59. The third-order valence-electron chi connectivity index (χ3n) is 4.12. The molecule has 0 aliphatic rings. The van der Waals surface area contributed by atoms with Crippen LogP contribution in [0.1, 0.15) is 5.56 Å². The van der Waals surface area contributed by atoms with E-state index in [2.05, 4.69) is 77.0 Å². The lowest BCUT2D eigenvalue weighted by Crippen LogP contribution is -2.68. The number of rotatable bonds is 3. The molecule has 0 unspecified atom stereocenters. The van der Waals surface area contributed by atoms with E-state index < -0.39 is 0 Å². The van der Waals surface area contributed by atoms with Crippen molar-refractivity contribution in [1.82, 2.24) is 0 Å². The monoisotopic (exact) mass is 323 g/mol. The Bertz CT molecular complexity index is 1010. The number of para-hydroxylation sites is 2. The minimum atomic E-state index is 0.961. The molecule has 120 valence electrons. The molecule has 2 nitrogen and oxygen atoms in total. The van der Waals surface area contributed by atoms with Gasteiger partial charge < -0.3 is 0 Å². The minimum absolute atomic E-state index is 0.961. The van der Waals surface area contributed by atoms with Gasteiger partial charge in [0, 0.05) is 0 Å². The fourth-order valence-electron chi connectivity index (χ4n) is 2.85. The summed E-state index contributed by atoms with van der Waals surface area (Å²) in [5.74, 6) is 0.961. The summed E-state index contributed by atoms with van der Waals surface area (Å²) in [6, 6.07) is 35.3. The van der Waals surface area contributed by atoms with Crippen LogP contribution in [-0.2, 0) is 0 Å². The lowest BCUT2D eigenvalue weighted by molar-refractivity contribution is -0.352. The molecule has 4 aromatic rings. The molecule has 2 N–H and O–H groups in total. The molecule has 25 heavy (non-hydrogen) atoms. The summed E-state index contributed by atoms with van der Waals surface area (Å²) >= 11 is 0. The Morgan fingerprint density at radius 2 is 1.24 bits per heavy atom. The first kappa shape index (κ1) is 15.2. The number of hydrogen-bond donors (Lipinski definition) is 2. The molecule has 0 saturated carbocycles. The van der Waals surface area contributed by atoms with Crippen molar-refractivity contribution in [1.29, 1.82) is 0 Å². The van der Waals surface area contributed by atoms with Gasteiger partial charge in [0.1, 0.15) is 11.4 Å². The molecule has 0 saturated heterocycles. The molecule has 4 rings (SSSR count). The highest BCUT2D eigenvalue weighted by Crippen LogP contribution is 2.16. The predicted octanol–water partition coefficient (Wildman–Crippen LogP) is 4.11. The number of amidine groups is 1. The van der Waals surface area contributed by atoms with Crippen molar-refractivity contribution < 1.29 is 4.99 Å². The molecule has 0 aromatic heterocycles. The molecule has 0 fully saturated rings. The summed E-state index contributed by atoms with van der Waals surface area (Å²) in [6.07, 6.45) is 0. The second-order valence-electron chi connectivity index (χ2n) is 5.92. The van der Waals surface area contributed by atoms with E-state index in [4.69, 9.17) is 0 Å². The highest BCUT2D eigenvalue weighted by atomic mass is 15.0. The van der Waals surface area contributed by atoms with E-state index in [9.17, 15) is 0 Å². The fourth-order valence-corrected chi connectivity index (χ4v) is 2.85. The maximum Gasteiger partial charge on any atom is 0.285 e. The molecule has 0 radical (unpaired) electrons. The van der Waals surface area contributed by atoms with Gasteiger partial charge in [0.15, 0.2) is 0 Å². The van der Waals surface area contributed by atoms with Crippen molar-refractivity contribution in [2.75, 3.05) is 5.32 Å². The smallest absolute Gasteiger partial charge is 0.240 e. The van der Waals surface area contributed by atoms with Crippen LogP contribution in [-0.4, -0.2) is 5.84 Å². The van der Waals surface area contributed by atoms with Crippen molar-refractivity contribution in [2.24, 2.45) is 0 Å². The van der Waals surface area contributed by atoms with Gasteiger partial charge in [0.25, 0.3) is 5.84 Å². The molecule has 0 atom stereocenters. The third-order valence-corrected chi connectivity index (χ3v) is 4.12. The Labute approximate surface area is 147 Å². The largest absolute Gasteiger partial charge is 0.285 e. The summed E-state index contributed by atoms with van der Waals surface area (Å²) < 4.78 is 0. The van der Waals surface area contributed by atoms with Crippen LogP contribution >= 0.6 is 0 Å². The molecular weight excluding hydrogens is 304 g/mol. The molecule has 0 bridgehead atoms. The van der Waals surface area contributed by atoms with Crippen molar-refractivity contribution in [3.63, 3.8) is 0 Å². The van der Waals surface area contributed by atoms with Crippen LogP contribution in [0.5, 0.6) is 0 Å². The maximum absolute atomic E-state index is 3.51. The first-order chi connectivity index (χ1) is 12.4. The second-order valence-corrected chi connectivity index (χ2v) is 5.92. The quantitative estimate of drug-likeness (QED) is 0.431. The normalized spacial score (nSPS) is 11.4. The zero-order valence-corrected chi connectivity index (χ0v) is 13.8. The Hall–Kier alpha value is -3.39. The zero-order chi connectivity index (χ0) is 16.9. The second kappa shape index (κ2) is 7.02. The van der Waals surface area contributed by atoms with Gasteiger partial charge in [-0.2, -0.15) is 0 Å². The Morgan fingerprint density at radius 3 is 2.00 bits per heavy atom. The van der Waals surface area contributed by atoms with Crippen molar-refractivity contribution >= 4 is 28.0 Å². The predicted molar refractivity (Wildman–Crippen MR) is 105 cm³/mol. The SMILES string of the molecule is c1ccc(NC(=[NH+]c2ccccc2)c2ccc3ccccc3c2)cc1. The van der Waals surface area contributed by atoms with Gasteiger partial charge in [-0.05, 0) is 47.2 Å². The van der Waals surface area contributed by atoms with E-state index in [0.717, 1.165) is 22.8 Å². The van der Waals surface area contributed by atoms with E-state index in [1.807, 2.05) is 36.4 Å². The Kier molecular flexibility index (Phi) is 4.25. The zero-order valence-electron chi connectivity index (χ0n) is 13.8. The van der Waals surface area contributed by atoms with Gasteiger partial charge in [-0.25, -0.2) is 10.3 Å². The summed E-state index contributed by atoms with van der Waals surface area (Å²) in [5.41, 5.74) is 3.22. The van der Waals surface area contributed by atoms with Gasteiger partial charge in [0.05, 0.1) is 5.56 Å². The van der Waals surface area contributed by atoms with Crippen LogP contribution in [0.3, 0.4) is 0 Å². The van der Waals surface area contributed by atoms with Crippen molar-refractivity contribution in [3.05, 3.63) is 109 Å². The van der Waals surface area contributed by atoms with Gasteiger partial charge >= 0.3 is 0 Å². The summed E-state index contributed by atoms with van der Waals surface area (Å²) in [4.78, 5) is 3.51. The number of fused-ring (bicyclic) bond motifs is 1. The van der Waals surface area contributed by atoms with Crippen LogP contribution in [0.2, 0.25) is 0 Å². The summed E-state index contributed by atoms with van der Waals surface area (Å²) in [6.45, 7) is 0. The molecular formula is C23H19N2+. The molecule has 0 heterocycles. The van der Waals surface area contributed by atoms with Gasteiger partial charge in [-0.3, -0.25) is 0 Å². The van der Waals surface area contributed by atoms with Gasteiger partial charge in [0.2, 0.25) is 0 Å². The van der Waals surface area contributed by atoms with E-state index in [1.54, 1.807) is 0 Å². The molecule has 2 heteroatoms. The Morgan fingerprint density at radius 1 is 0.600 bits per heavy atom. The van der Waals surface area contributed by atoms with E-state index in [0.29, 0.717) is 0 Å². The van der Waals surface area contributed by atoms with Crippen LogP contribution in [0.25, 0.3) is 10.8 Å². The summed E-state index contributed by atoms with van der Waals surface area (Å²) in [5, 5.41) is 5.98. The van der Waals surface area contributed by atoms with Crippen LogP contribution in [0.15, 0.2) is 103 Å².